The van der Waals surface area contributed by atoms with Crippen LogP contribution in [0.25, 0.3) is 6.08 Å². The second kappa shape index (κ2) is 7.24. The summed E-state index contributed by atoms with van der Waals surface area (Å²) >= 11 is 2.95. The van der Waals surface area contributed by atoms with Gasteiger partial charge in [0.15, 0.2) is 0 Å². The fourth-order valence-electron chi connectivity index (χ4n) is 1.42. The van der Waals surface area contributed by atoms with Gasteiger partial charge in [0.05, 0.1) is 0 Å². The third-order valence-corrected chi connectivity index (χ3v) is 4.34. The predicted octanol–water partition coefficient (Wildman–Crippen LogP) is 3.25. The standard InChI is InChI=1S/C12H13BrF3NO2S/c13-8-10-17(20(18,19)12(14,15)16)9-4-7-11-5-2-1-3-6-11/h1-7H,8-10H2. The number of benzene rings is 1. The van der Waals surface area contributed by atoms with E-state index in [9.17, 15) is 21.6 Å². The van der Waals surface area contributed by atoms with Gasteiger partial charge in [-0.3, -0.25) is 0 Å². The monoisotopic (exact) mass is 371 g/mol. The third kappa shape index (κ3) is 4.60. The van der Waals surface area contributed by atoms with Gasteiger partial charge < -0.3 is 0 Å². The molecule has 0 atom stereocenters. The molecule has 0 heterocycles. The first-order valence-corrected chi connectivity index (χ1v) is 8.19. The second-order valence-corrected chi connectivity index (χ2v) is 6.53. The Morgan fingerprint density at radius 2 is 1.80 bits per heavy atom. The third-order valence-electron chi connectivity index (χ3n) is 2.39. The summed E-state index contributed by atoms with van der Waals surface area (Å²) in [5.74, 6) is 0. The minimum Gasteiger partial charge on any atom is -0.203 e. The first-order chi connectivity index (χ1) is 9.29. The van der Waals surface area contributed by atoms with Crippen LogP contribution >= 0.6 is 15.9 Å². The SMILES string of the molecule is O=S(=O)(N(CC=Cc1ccccc1)CCBr)C(F)(F)F. The molecule has 1 aromatic rings. The first-order valence-electron chi connectivity index (χ1n) is 5.63. The van der Waals surface area contributed by atoms with E-state index in [-0.39, 0.29) is 18.4 Å². The summed E-state index contributed by atoms with van der Waals surface area (Å²) in [5.41, 5.74) is -4.49. The van der Waals surface area contributed by atoms with Gasteiger partial charge in [-0.25, -0.2) is 8.42 Å². The average molecular weight is 372 g/mol. The molecule has 0 N–H and O–H groups in total. The molecule has 20 heavy (non-hydrogen) atoms. The quantitative estimate of drug-likeness (QED) is 0.719. The van der Waals surface area contributed by atoms with Crippen LogP contribution in [0.15, 0.2) is 36.4 Å². The molecule has 0 aliphatic carbocycles. The minimum atomic E-state index is -5.30. The largest absolute Gasteiger partial charge is 0.511 e. The van der Waals surface area contributed by atoms with Crippen LogP contribution in [0.3, 0.4) is 0 Å². The number of halogens is 4. The molecular formula is C12H13BrF3NO2S. The normalized spacial score (nSPS) is 13.2. The summed E-state index contributed by atoms with van der Waals surface area (Å²) in [6, 6.07) is 8.90. The van der Waals surface area contributed by atoms with E-state index in [0.29, 0.717) is 4.31 Å². The van der Waals surface area contributed by atoms with Gasteiger partial charge in [0.1, 0.15) is 0 Å². The minimum absolute atomic E-state index is 0.126. The Hall–Kier alpha value is -0.860. The van der Waals surface area contributed by atoms with Gasteiger partial charge >= 0.3 is 15.5 Å². The molecule has 0 aliphatic heterocycles. The number of rotatable bonds is 6. The predicted molar refractivity (Wildman–Crippen MR) is 75.8 cm³/mol. The smallest absolute Gasteiger partial charge is 0.203 e. The Bertz CT molecular complexity index is 544. The van der Waals surface area contributed by atoms with Crippen molar-refractivity contribution >= 4 is 32.0 Å². The summed E-state index contributed by atoms with van der Waals surface area (Å²) < 4.78 is 60.5. The molecule has 0 amide bonds. The molecule has 1 rings (SSSR count). The summed E-state index contributed by atoms with van der Waals surface area (Å²) in [4.78, 5) is 0. The van der Waals surface area contributed by atoms with Crippen LogP contribution in [0.2, 0.25) is 0 Å². The maximum atomic E-state index is 12.5. The van der Waals surface area contributed by atoms with Crippen molar-refractivity contribution in [3.63, 3.8) is 0 Å². The van der Waals surface area contributed by atoms with Crippen LogP contribution < -0.4 is 0 Å². The zero-order valence-electron chi connectivity index (χ0n) is 10.3. The highest BCUT2D eigenvalue weighted by Gasteiger charge is 2.49. The Labute approximate surface area is 124 Å². The zero-order valence-corrected chi connectivity index (χ0v) is 12.7. The van der Waals surface area contributed by atoms with Gasteiger partial charge in [-0.05, 0) is 5.56 Å². The molecule has 112 valence electrons. The fourth-order valence-corrected chi connectivity index (χ4v) is 2.99. The highest BCUT2D eigenvalue weighted by Crippen LogP contribution is 2.26. The summed E-state index contributed by atoms with van der Waals surface area (Å²) in [7, 11) is -5.30. The molecule has 0 fully saturated rings. The van der Waals surface area contributed by atoms with Gasteiger partial charge in [0.2, 0.25) is 0 Å². The van der Waals surface area contributed by atoms with E-state index in [4.69, 9.17) is 0 Å². The van der Waals surface area contributed by atoms with Crippen molar-refractivity contribution in [3.05, 3.63) is 42.0 Å². The lowest BCUT2D eigenvalue weighted by atomic mass is 10.2. The van der Waals surface area contributed by atoms with Crippen LogP contribution in [0.5, 0.6) is 0 Å². The van der Waals surface area contributed by atoms with Gasteiger partial charge in [0, 0.05) is 18.4 Å². The fraction of sp³-hybridized carbons (Fsp3) is 0.333. The summed E-state index contributed by atoms with van der Waals surface area (Å²) in [5, 5.41) is 0.126. The summed E-state index contributed by atoms with van der Waals surface area (Å²) in [6.07, 6.45) is 2.97. The topological polar surface area (TPSA) is 37.4 Å². The molecule has 0 saturated heterocycles. The number of hydrogen-bond acceptors (Lipinski definition) is 2. The molecule has 0 bridgehead atoms. The zero-order chi connectivity index (χ0) is 15.2. The van der Waals surface area contributed by atoms with E-state index in [0.717, 1.165) is 5.56 Å². The van der Waals surface area contributed by atoms with E-state index in [1.165, 1.54) is 6.08 Å². The summed E-state index contributed by atoms with van der Waals surface area (Å²) in [6.45, 7) is -0.580. The maximum absolute atomic E-state index is 12.5. The van der Waals surface area contributed by atoms with E-state index >= 15 is 0 Å². The van der Waals surface area contributed by atoms with Crippen LogP contribution in [0.1, 0.15) is 5.56 Å². The Balaban J connectivity index is 2.82. The molecule has 0 saturated carbocycles. The number of hydrogen-bond donors (Lipinski definition) is 0. The Morgan fingerprint density at radius 3 is 2.30 bits per heavy atom. The van der Waals surface area contributed by atoms with E-state index in [2.05, 4.69) is 15.9 Å². The van der Waals surface area contributed by atoms with Crippen LogP contribution in [0.4, 0.5) is 13.2 Å². The second-order valence-electron chi connectivity index (χ2n) is 3.81. The first kappa shape index (κ1) is 17.2. The molecule has 0 spiro atoms. The molecular weight excluding hydrogens is 359 g/mol. The van der Waals surface area contributed by atoms with E-state index in [1.807, 2.05) is 6.07 Å². The molecule has 0 radical (unpaired) electrons. The Kier molecular flexibility index (Phi) is 6.22. The van der Waals surface area contributed by atoms with Gasteiger partial charge in [-0.15, -0.1) is 0 Å². The number of nitrogens with zero attached hydrogens (tertiary/aromatic N) is 1. The van der Waals surface area contributed by atoms with Gasteiger partial charge in [-0.1, -0.05) is 58.4 Å². The van der Waals surface area contributed by atoms with Crippen molar-refractivity contribution in [2.45, 2.75) is 5.51 Å². The Morgan fingerprint density at radius 1 is 1.20 bits per heavy atom. The van der Waals surface area contributed by atoms with Crippen molar-refractivity contribution in [1.82, 2.24) is 4.31 Å². The van der Waals surface area contributed by atoms with Crippen LogP contribution in [-0.2, 0) is 10.0 Å². The van der Waals surface area contributed by atoms with E-state index < -0.39 is 15.5 Å². The van der Waals surface area contributed by atoms with Gasteiger partial charge in [0.25, 0.3) is 0 Å². The van der Waals surface area contributed by atoms with Crippen LogP contribution in [0, 0.1) is 0 Å². The molecule has 1 aromatic carbocycles. The molecule has 0 aliphatic rings. The van der Waals surface area contributed by atoms with Crippen molar-refractivity contribution < 1.29 is 21.6 Å². The van der Waals surface area contributed by atoms with Crippen molar-refractivity contribution in [3.8, 4) is 0 Å². The molecule has 3 nitrogen and oxygen atoms in total. The van der Waals surface area contributed by atoms with Crippen molar-refractivity contribution in [1.29, 1.82) is 0 Å². The number of alkyl halides is 4. The van der Waals surface area contributed by atoms with Crippen molar-refractivity contribution in [2.75, 3.05) is 18.4 Å². The molecule has 0 aromatic heterocycles. The highest BCUT2D eigenvalue weighted by molar-refractivity contribution is 9.09. The lowest BCUT2D eigenvalue weighted by Crippen LogP contribution is -2.41. The van der Waals surface area contributed by atoms with Gasteiger partial charge in [-0.2, -0.15) is 17.5 Å². The molecule has 8 heteroatoms. The lowest BCUT2D eigenvalue weighted by Gasteiger charge is -2.20. The highest BCUT2D eigenvalue weighted by atomic mass is 79.9. The van der Waals surface area contributed by atoms with Crippen molar-refractivity contribution in [2.24, 2.45) is 0 Å². The van der Waals surface area contributed by atoms with E-state index in [1.54, 1.807) is 30.3 Å². The van der Waals surface area contributed by atoms with Crippen LogP contribution in [-0.4, -0.2) is 36.7 Å². The average Bonchev–Trinajstić information content (AvgIpc) is 2.37. The number of sulfonamides is 1. The lowest BCUT2D eigenvalue weighted by molar-refractivity contribution is -0.0484. The molecule has 0 unspecified atom stereocenters. The maximum Gasteiger partial charge on any atom is 0.511 e.